The number of hydrogen-bond donors (Lipinski definition) is 1. The molecular weight excluding hydrogens is 288 g/mol. The first kappa shape index (κ1) is 15.5. The molecule has 0 aliphatic heterocycles. The summed E-state index contributed by atoms with van der Waals surface area (Å²) in [5.41, 5.74) is 3.29. The molecule has 3 aromatic rings. The molecule has 0 fully saturated rings. The molecule has 1 aromatic heterocycles. The average Bonchev–Trinajstić information content (AvgIpc) is 2.62. The number of anilines is 1. The number of nitrogens with zero attached hydrogens (tertiary/aromatic N) is 1. The van der Waals surface area contributed by atoms with Gasteiger partial charge in [0.25, 0.3) is 0 Å². The monoisotopic (exact) mass is 308 g/mol. The standard InChI is InChI=1S/C19H20N2O2/c1-22-19(23-2)13-20-18-12-16(14-8-4-3-5-9-14)15-10-6-7-11-17(15)21-18/h3-12,19H,13H2,1-2H3,(H,20,21). The highest BCUT2D eigenvalue weighted by Gasteiger charge is 2.09. The van der Waals surface area contributed by atoms with Crippen molar-refractivity contribution < 1.29 is 9.47 Å². The Kier molecular flexibility index (Phi) is 4.86. The number of ether oxygens (including phenoxy) is 2. The Morgan fingerprint density at radius 3 is 2.39 bits per heavy atom. The van der Waals surface area contributed by atoms with Gasteiger partial charge in [0, 0.05) is 19.6 Å². The Balaban J connectivity index is 2.00. The summed E-state index contributed by atoms with van der Waals surface area (Å²) in [6.07, 6.45) is -0.302. The Bertz CT molecular complexity index is 771. The van der Waals surface area contributed by atoms with E-state index in [9.17, 15) is 0 Å². The summed E-state index contributed by atoms with van der Waals surface area (Å²) < 4.78 is 10.4. The number of fused-ring (bicyclic) bond motifs is 1. The SMILES string of the molecule is COC(CNc1cc(-c2ccccc2)c2ccccc2n1)OC. The Hall–Kier alpha value is -2.43. The van der Waals surface area contributed by atoms with Gasteiger partial charge in [-0.05, 0) is 23.3 Å². The van der Waals surface area contributed by atoms with Gasteiger partial charge >= 0.3 is 0 Å². The maximum Gasteiger partial charge on any atom is 0.173 e. The lowest BCUT2D eigenvalue weighted by atomic mass is 10.0. The van der Waals surface area contributed by atoms with E-state index < -0.39 is 0 Å². The first-order valence-electron chi connectivity index (χ1n) is 7.56. The van der Waals surface area contributed by atoms with Gasteiger partial charge in [-0.15, -0.1) is 0 Å². The van der Waals surface area contributed by atoms with Crippen molar-refractivity contribution in [1.29, 1.82) is 0 Å². The van der Waals surface area contributed by atoms with Crippen molar-refractivity contribution in [3.63, 3.8) is 0 Å². The Morgan fingerprint density at radius 2 is 1.65 bits per heavy atom. The highest BCUT2D eigenvalue weighted by molar-refractivity contribution is 5.96. The van der Waals surface area contributed by atoms with Crippen molar-refractivity contribution in [3.8, 4) is 11.1 Å². The summed E-state index contributed by atoms with van der Waals surface area (Å²) in [5, 5.41) is 4.43. The molecule has 0 amide bonds. The van der Waals surface area contributed by atoms with Crippen molar-refractivity contribution in [2.45, 2.75) is 6.29 Å². The van der Waals surface area contributed by atoms with Crippen LogP contribution in [0.3, 0.4) is 0 Å². The number of para-hydroxylation sites is 1. The number of aromatic nitrogens is 1. The fourth-order valence-corrected chi connectivity index (χ4v) is 2.57. The van der Waals surface area contributed by atoms with E-state index in [0.717, 1.165) is 22.3 Å². The third kappa shape index (κ3) is 3.50. The predicted octanol–water partition coefficient (Wildman–Crippen LogP) is 3.93. The Labute approximate surface area is 136 Å². The van der Waals surface area contributed by atoms with E-state index >= 15 is 0 Å². The van der Waals surface area contributed by atoms with E-state index in [0.29, 0.717) is 6.54 Å². The Morgan fingerprint density at radius 1 is 0.957 bits per heavy atom. The number of methoxy groups -OCH3 is 2. The summed E-state index contributed by atoms with van der Waals surface area (Å²) >= 11 is 0. The van der Waals surface area contributed by atoms with Crippen LogP contribution in [0.4, 0.5) is 5.82 Å². The molecule has 0 aliphatic carbocycles. The maximum absolute atomic E-state index is 5.21. The molecule has 1 N–H and O–H groups in total. The first-order chi connectivity index (χ1) is 11.3. The van der Waals surface area contributed by atoms with Gasteiger partial charge in [0.1, 0.15) is 5.82 Å². The zero-order chi connectivity index (χ0) is 16.1. The van der Waals surface area contributed by atoms with Crippen LogP contribution >= 0.6 is 0 Å². The summed E-state index contributed by atoms with van der Waals surface area (Å²) in [6, 6.07) is 20.6. The van der Waals surface area contributed by atoms with Crippen LogP contribution in [0.25, 0.3) is 22.0 Å². The van der Waals surface area contributed by atoms with Gasteiger partial charge in [0.05, 0.1) is 12.1 Å². The van der Waals surface area contributed by atoms with Crippen molar-refractivity contribution in [2.24, 2.45) is 0 Å². The van der Waals surface area contributed by atoms with E-state index in [1.807, 2.05) is 36.4 Å². The van der Waals surface area contributed by atoms with Crippen LogP contribution in [0.2, 0.25) is 0 Å². The van der Waals surface area contributed by atoms with Crippen molar-refractivity contribution >= 4 is 16.7 Å². The molecule has 4 heteroatoms. The van der Waals surface area contributed by atoms with Gasteiger partial charge in [-0.2, -0.15) is 0 Å². The predicted molar refractivity (Wildman–Crippen MR) is 93.5 cm³/mol. The van der Waals surface area contributed by atoms with Gasteiger partial charge in [-0.25, -0.2) is 4.98 Å². The molecule has 0 radical (unpaired) electrons. The fourth-order valence-electron chi connectivity index (χ4n) is 2.57. The number of benzene rings is 2. The zero-order valence-electron chi connectivity index (χ0n) is 13.3. The summed E-state index contributed by atoms with van der Waals surface area (Å²) in [5.74, 6) is 0.807. The van der Waals surface area contributed by atoms with E-state index in [1.165, 1.54) is 5.56 Å². The topological polar surface area (TPSA) is 43.4 Å². The molecule has 0 aliphatic rings. The van der Waals surface area contributed by atoms with Crippen molar-refractivity contribution in [2.75, 3.05) is 26.1 Å². The number of nitrogens with one attached hydrogen (secondary N) is 1. The molecule has 2 aromatic carbocycles. The van der Waals surface area contributed by atoms with Gasteiger partial charge < -0.3 is 14.8 Å². The van der Waals surface area contributed by atoms with Crippen molar-refractivity contribution in [3.05, 3.63) is 60.7 Å². The normalized spacial score (nSPS) is 11.1. The number of rotatable bonds is 6. The van der Waals surface area contributed by atoms with Crippen molar-refractivity contribution in [1.82, 2.24) is 4.98 Å². The molecular formula is C19H20N2O2. The first-order valence-corrected chi connectivity index (χ1v) is 7.56. The van der Waals surface area contributed by atoms with E-state index in [2.05, 4.69) is 34.6 Å². The third-order valence-electron chi connectivity index (χ3n) is 3.78. The lowest BCUT2D eigenvalue weighted by molar-refractivity contribution is -0.0914. The lowest BCUT2D eigenvalue weighted by Crippen LogP contribution is -2.24. The van der Waals surface area contributed by atoms with Crippen LogP contribution in [-0.4, -0.2) is 32.0 Å². The average molecular weight is 308 g/mol. The van der Waals surface area contributed by atoms with Gasteiger partial charge in [-0.1, -0.05) is 48.5 Å². The largest absolute Gasteiger partial charge is 0.365 e. The minimum atomic E-state index is -0.302. The van der Waals surface area contributed by atoms with Gasteiger partial charge in [0.15, 0.2) is 6.29 Å². The number of hydrogen-bond acceptors (Lipinski definition) is 4. The molecule has 0 unspecified atom stereocenters. The molecule has 0 atom stereocenters. The van der Waals surface area contributed by atoms with E-state index in [1.54, 1.807) is 14.2 Å². The fraction of sp³-hybridized carbons (Fsp3) is 0.211. The minimum absolute atomic E-state index is 0.302. The van der Waals surface area contributed by atoms with E-state index in [4.69, 9.17) is 9.47 Å². The quantitative estimate of drug-likeness (QED) is 0.701. The van der Waals surface area contributed by atoms with Crippen LogP contribution in [0.5, 0.6) is 0 Å². The lowest BCUT2D eigenvalue weighted by Gasteiger charge is -2.16. The summed E-state index contributed by atoms with van der Waals surface area (Å²) in [7, 11) is 3.25. The minimum Gasteiger partial charge on any atom is -0.365 e. The van der Waals surface area contributed by atoms with Crippen LogP contribution in [-0.2, 0) is 9.47 Å². The summed E-state index contributed by atoms with van der Waals surface area (Å²) in [6.45, 7) is 0.534. The zero-order valence-corrected chi connectivity index (χ0v) is 13.3. The molecule has 0 bridgehead atoms. The second-order valence-electron chi connectivity index (χ2n) is 5.22. The van der Waals surface area contributed by atoms with Crippen LogP contribution in [0, 0.1) is 0 Å². The molecule has 0 saturated carbocycles. The van der Waals surface area contributed by atoms with Crippen LogP contribution in [0.1, 0.15) is 0 Å². The second-order valence-corrected chi connectivity index (χ2v) is 5.22. The summed E-state index contributed by atoms with van der Waals surface area (Å²) in [4.78, 5) is 4.68. The smallest absolute Gasteiger partial charge is 0.173 e. The maximum atomic E-state index is 5.21. The molecule has 0 saturated heterocycles. The third-order valence-corrected chi connectivity index (χ3v) is 3.78. The molecule has 1 heterocycles. The molecule has 3 rings (SSSR count). The molecule has 0 spiro atoms. The number of pyridine rings is 1. The van der Waals surface area contributed by atoms with Crippen LogP contribution < -0.4 is 5.32 Å². The molecule has 23 heavy (non-hydrogen) atoms. The van der Waals surface area contributed by atoms with Gasteiger partial charge in [0.2, 0.25) is 0 Å². The van der Waals surface area contributed by atoms with Crippen LogP contribution in [0.15, 0.2) is 60.7 Å². The highest BCUT2D eigenvalue weighted by atomic mass is 16.7. The highest BCUT2D eigenvalue weighted by Crippen LogP contribution is 2.29. The van der Waals surface area contributed by atoms with Gasteiger partial charge in [-0.3, -0.25) is 0 Å². The molecule has 4 nitrogen and oxygen atoms in total. The van der Waals surface area contributed by atoms with E-state index in [-0.39, 0.29) is 6.29 Å². The second kappa shape index (κ2) is 7.22. The molecule has 118 valence electrons.